The molecule has 1 aliphatic rings. The number of ketones is 1. The Morgan fingerprint density at radius 1 is 1.14 bits per heavy atom. The Labute approximate surface area is 126 Å². The van der Waals surface area contributed by atoms with Crippen molar-refractivity contribution < 1.29 is 13.2 Å². The number of piperazine rings is 1. The van der Waals surface area contributed by atoms with E-state index in [4.69, 9.17) is 0 Å². The Morgan fingerprint density at radius 2 is 1.71 bits per heavy atom. The third-order valence-corrected chi connectivity index (χ3v) is 5.77. The number of benzene rings is 1. The number of rotatable bonds is 5. The van der Waals surface area contributed by atoms with Gasteiger partial charge in [0, 0.05) is 38.6 Å². The molecule has 6 heteroatoms. The zero-order valence-corrected chi connectivity index (χ0v) is 13.3. The number of nitrogens with zero attached hydrogens (tertiary/aromatic N) is 2. The summed E-state index contributed by atoms with van der Waals surface area (Å²) in [4.78, 5) is 13.7. The monoisotopic (exact) mass is 310 g/mol. The van der Waals surface area contributed by atoms with Crippen molar-refractivity contribution in [2.24, 2.45) is 0 Å². The third-order valence-electron chi connectivity index (χ3n) is 3.86. The highest BCUT2D eigenvalue weighted by Crippen LogP contribution is 2.18. The summed E-state index contributed by atoms with van der Waals surface area (Å²) in [6.07, 6.45) is 0.519. The average Bonchev–Trinajstić information content (AvgIpc) is 2.47. The van der Waals surface area contributed by atoms with Crippen LogP contribution in [0.1, 0.15) is 20.3 Å². The molecule has 1 saturated heterocycles. The second kappa shape index (κ2) is 6.68. The molecule has 0 aliphatic carbocycles. The topological polar surface area (TPSA) is 57.7 Å². The van der Waals surface area contributed by atoms with Crippen LogP contribution in [0.2, 0.25) is 0 Å². The fourth-order valence-corrected chi connectivity index (χ4v) is 4.11. The lowest BCUT2D eigenvalue weighted by Gasteiger charge is -2.37. The molecule has 1 atom stereocenters. The molecule has 0 radical (unpaired) electrons. The third kappa shape index (κ3) is 3.90. The second-order valence-electron chi connectivity index (χ2n) is 5.51. The number of Topliss-reactive ketones (excluding diaryl/α,β-unsaturated/α-hetero) is 1. The van der Waals surface area contributed by atoms with E-state index in [0.29, 0.717) is 37.5 Å². The van der Waals surface area contributed by atoms with Crippen LogP contribution >= 0.6 is 0 Å². The number of hydrogen-bond acceptors (Lipinski definition) is 4. The molecular formula is C15H22N2O3S. The average molecular weight is 310 g/mol. The highest BCUT2D eigenvalue weighted by molar-refractivity contribution is 7.89. The van der Waals surface area contributed by atoms with Crippen LogP contribution in [0.15, 0.2) is 35.2 Å². The zero-order valence-electron chi connectivity index (χ0n) is 12.5. The first-order valence-electron chi connectivity index (χ1n) is 7.20. The van der Waals surface area contributed by atoms with Crippen LogP contribution in [-0.2, 0) is 14.8 Å². The molecule has 0 aromatic heterocycles. The second-order valence-corrected chi connectivity index (χ2v) is 7.45. The summed E-state index contributed by atoms with van der Waals surface area (Å²) in [5, 5.41) is 0. The van der Waals surface area contributed by atoms with Gasteiger partial charge in [-0.2, -0.15) is 4.31 Å². The molecule has 0 spiro atoms. The normalized spacial score (nSPS) is 19.3. The highest BCUT2D eigenvalue weighted by atomic mass is 32.2. The van der Waals surface area contributed by atoms with Gasteiger partial charge in [0.2, 0.25) is 10.0 Å². The van der Waals surface area contributed by atoms with Crippen molar-refractivity contribution in [3.8, 4) is 0 Å². The molecule has 0 bridgehead atoms. The van der Waals surface area contributed by atoms with Gasteiger partial charge < -0.3 is 0 Å². The van der Waals surface area contributed by atoms with Crippen molar-refractivity contribution >= 4 is 15.8 Å². The van der Waals surface area contributed by atoms with Crippen molar-refractivity contribution in [1.29, 1.82) is 0 Å². The lowest BCUT2D eigenvalue weighted by molar-refractivity contribution is -0.118. The molecule has 0 N–H and O–H groups in total. The minimum atomic E-state index is -3.39. The van der Waals surface area contributed by atoms with E-state index in [9.17, 15) is 13.2 Å². The Kier molecular flexibility index (Phi) is 5.13. The van der Waals surface area contributed by atoms with Gasteiger partial charge in [0.15, 0.2) is 0 Å². The molecule has 1 aromatic carbocycles. The van der Waals surface area contributed by atoms with Gasteiger partial charge in [0.25, 0.3) is 0 Å². The van der Waals surface area contributed by atoms with E-state index < -0.39 is 10.0 Å². The van der Waals surface area contributed by atoms with Crippen LogP contribution in [0.4, 0.5) is 0 Å². The first kappa shape index (κ1) is 16.1. The molecule has 116 valence electrons. The van der Waals surface area contributed by atoms with Crippen LogP contribution in [0.5, 0.6) is 0 Å². The van der Waals surface area contributed by atoms with E-state index in [0.717, 1.165) is 0 Å². The maximum atomic E-state index is 12.5. The number of hydrogen-bond donors (Lipinski definition) is 0. The van der Waals surface area contributed by atoms with E-state index >= 15 is 0 Å². The summed E-state index contributed by atoms with van der Waals surface area (Å²) in [6.45, 7) is 5.88. The molecule has 1 unspecified atom stereocenters. The van der Waals surface area contributed by atoms with E-state index in [2.05, 4.69) is 4.90 Å². The number of carbonyl (C=O) groups excluding carboxylic acids is 1. The van der Waals surface area contributed by atoms with Crippen LogP contribution in [0, 0.1) is 0 Å². The largest absolute Gasteiger partial charge is 0.300 e. The summed E-state index contributed by atoms with van der Waals surface area (Å²) in [6, 6.07) is 8.69. The first-order chi connectivity index (χ1) is 9.91. The maximum absolute atomic E-state index is 12.5. The summed E-state index contributed by atoms with van der Waals surface area (Å²) < 4.78 is 26.5. The van der Waals surface area contributed by atoms with Gasteiger partial charge in [0.05, 0.1) is 4.90 Å². The fraction of sp³-hybridized carbons (Fsp3) is 0.533. The summed E-state index contributed by atoms with van der Waals surface area (Å²) in [7, 11) is -3.39. The van der Waals surface area contributed by atoms with Gasteiger partial charge in [-0.05, 0) is 26.0 Å². The van der Waals surface area contributed by atoms with Crippen molar-refractivity contribution in [2.45, 2.75) is 31.2 Å². The quantitative estimate of drug-likeness (QED) is 0.824. The van der Waals surface area contributed by atoms with Crippen molar-refractivity contribution in [3.05, 3.63) is 30.3 Å². The molecule has 5 nitrogen and oxygen atoms in total. The van der Waals surface area contributed by atoms with Gasteiger partial charge in [-0.1, -0.05) is 18.2 Å². The Morgan fingerprint density at radius 3 is 2.24 bits per heavy atom. The van der Waals surface area contributed by atoms with Crippen LogP contribution in [-0.4, -0.2) is 55.6 Å². The lowest BCUT2D eigenvalue weighted by Crippen LogP contribution is -2.51. The minimum Gasteiger partial charge on any atom is -0.300 e. The molecule has 2 rings (SSSR count). The van der Waals surface area contributed by atoms with E-state index in [1.54, 1.807) is 37.3 Å². The first-order valence-corrected chi connectivity index (χ1v) is 8.64. The molecule has 1 aromatic rings. The SMILES string of the molecule is CC(=O)CC(C)N1CCN(S(=O)(=O)c2ccccc2)CC1. The fourth-order valence-electron chi connectivity index (χ4n) is 2.67. The molecule has 1 heterocycles. The zero-order chi connectivity index (χ0) is 15.5. The smallest absolute Gasteiger partial charge is 0.243 e. The maximum Gasteiger partial charge on any atom is 0.243 e. The van der Waals surface area contributed by atoms with Crippen molar-refractivity contribution in [1.82, 2.24) is 9.21 Å². The Bertz CT molecular complexity index is 578. The molecule has 0 saturated carbocycles. The van der Waals surface area contributed by atoms with Crippen molar-refractivity contribution in [2.75, 3.05) is 26.2 Å². The predicted octanol–water partition coefficient (Wildman–Crippen LogP) is 1.36. The summed E-state index contributed by atoms with van der Waals surface area (Å²) >= 11 is 0. The van der Waals surface area contributed by atoms with Crippen LogP contribution in [0.25, 0.3) is 0 Å². The van der Waals surface area contributed by atoms with Gasteiger partial charge >= 0.3 is 0 Å². The number of sulfonamides is 1. The van der Waals surface area contributed by atoms with Gasteiger partial charge in [-0.3, -0.25) is 9.69 Å². The minimum absolute atomic E-state index is 0.168. The van der Waals surface area contributed by atoms with Crippen LogP contribution < -0.4 is 0 Å². The van der Waals surface area contributed by atoms with E-state index in [1.165, 1.54) is 4.31 Å². The highest BCUT2D eigenvalue weighted by Gasteiger charge is 2.29. The van der Waals surface area contributed by atoms with Gasteiger partial charge in [-0.15, -0.1) is 0 Å². The van der Waals surface area contributed by atoms with E-state index in [1.807, 2.05) is 6.92 Å². The standard InChI is InChI=1S/C15H22N2O3S/c1-13(12-14(2)18)16-8-10-17(11-9-16)21(19,20)15-6-4-3-5-7-15/h3-7,13H,8-12H2,1-2H3. The molecular weight excluding hydrogens is 288 g/mol. The Balaban J connectivity index is 1.99. The molecule has 1 fully saturated rings. The lowest BCUT2D eigenvalue weighted by atomic mass is 10.1. The molecule has 21 heavy (non-hydrogen) atoms. The van der Waals surface area contributed by atoms with E-state index in [-0.39, 0.29) is 11.8 Å². The molecule has 0 amide bonds. The van der Waals surface area contributed by atoms with Crippen molar-refractivity contribution in [3.63, 3.8) is 0 Å². The summed E-state index contributed by atoms with van der Waals surface area (Å²) in [5.74, 6) is 0.168. The number of carbonyl (C=O) groups is 1. The molecule has 1 aliphatic heterocycles. The predicted molar refractivity (Wildman–Crippen MR) is 81.5 cm³/mol. The van der Waals surface area contributed by atoms with Gasteiger partial charge in [-0.25, -0.2) is 8.42 Å². The van der Waals surface area contributed by atoms with Gasteiger partial charge in [0.1, 0.15) is 5.78 Å². The van der Waals surface area contributed by atoms with Crippen LogP contribution in [0.3, 0.4) is 0 Å². The summed E-state index contributed by atoms with van der Waals surface area (Å²) in [5.41, 5.74) is 0. The Hall–Kier alpha value is -1.24.